The molecular weight excluding hydrogens is 462 g/mol. The number of hydrogen-bond acceptors (Lipinski definition) is 0. The van der Waals surface area contributed by atoms with E-state index in [1.54, 1.807) is 0 Å². The van der Waals surface area contributed by atoms with E-state index in [4.69, 9.17) is 17.0 Å². The molecule has 0 N–H and O–H groups in total. The number of allylic oxidation sites excluding steroid dienone is 1. The molecule has 0 bridgehead atoms. The van der Waals surface area contributed by atoms with E-state index in [0.717, 1.165) is 12.8 Å². The number of hydrogen-bond donors (Lipinski definition) is 0. The van der Waals surface area contributed by atoms with Gasteiger partial charge in [-0.2, -0.15) is 0 Å². The second-order valence-corrected chi connectivity index (χ2v) is 18.1. The van der Waals surface area contributed by atoms with Crippen LogP contribution in [0.4, 0.5) is 0 Å². The van der Waals surface area contributed by atoms with E-state index in [2.05, 4.69) is 84.0 Å². The van der Waals surface area contributed by atoms with Gasteiger partial charge in [-0.25, -0.2) is 0 Å². The van der Waals surface area contributed by atoms with Gasteiger partial charge in [-0.3, -0.25) is 0 Å². The molecule has 149 valence electrons. The summed E-state index contributed by atoms with van der Waals surface area (Å²) in [7, 11) is 13.4. The van der Waals surface area contributed by atoms with E-state index in [9.17, 15) is 0 Å². The van der Waals surface area contributed by atoms with E-state index < -0.39 is 19.4 Å². The molecule has 1 aliphatic carbocycles. The van der Waals surface area contributed by atoms with Crippen molar-refractivity contribution in [2.75, 3.05) is 0 Å². The summed E-state index contributed by atoms with van der Waals surface area (Å²) in [6.45, 7) is 13.7. The number of fused-ring (bicyclic) bond motifs is 1. The van der Waals surface area contributed by atoms with Gasteiger partial charge in [-0.15, -0.1) is 0 Å². The van der Waals surface area contributed by atoms with E-state index in [1.165, 1.54) is 39.0 Å². The van der Waals surface area contributed by atoms with Crippen molar-refractivity contribution in [1.82, 2.24) is 0 Å². The third-order valence-electron chi connectivity index (χ3n) is 5.63. The zero-order valence-electron chi connectivity index (χ0n) is 17.9. The summed E-state index contributed by atoms with van der Waals surface area (Å²) in [5.41, 5.74) is 9.81. The predicted molar refractivity (Wildman–Crippen MR) is 122 cm³/mol. The van der Waals surface area contributed by atoms with Crippen molar-refractivity contribution >= 4 is 23.1 Å². The molecule has 0 saturated heterocycles. The maximum atomic E-state index is 6.70. The van der Waals surface area contributed by atoms with Gasteiger partial charge >= 0.3 is 187 Å². The molecule has 0 spiro atoms. The van der Waals surface area contributed by atoms with Crippen LogP contribution in [0.25, 0.3) is 17.2 Å². The van der Waals surface area contributed by atoms with Gasteiger partial charge < -0.3 is 0 Å². The first-order chi connectivity index (χ1) is 13.1. The Balaban J connectivity index is 2.34. The van der Waals surface area contributed by atoms with Crippen LogP contribution in [-0.2, 0) is 31.2 Å². The van der Waals surface area contributed by atoms with Crippen LogP contribution in [0.1, 0.15) is 73.8 Å². The zero-order valence-corrected chi connectivity index (χ0v) is 21.8. The van der Waals surface area contributed by atoms with E-state index >= 15 is 0 Å². The van der Waals surface area contributed by atoms with E-state index in [-0.39, 0.29) is 9.04 Å². The molecule has 0 amide bonds. The first-order valence-electron chi connectivity index (χ1n) is 10.3. The van der Waals surface area contributed by atoms with Crippen molar-refractivity contribution in [3.8, 4) is 11.1 Å². The Hall–Kier alpha value is -0.357. The van der Waals surface area contributed by atoms with Crippen molar-refractivity contribution in [3.05, 3.63) is 64.2 Å². The molecule has 2 aromatic rings. The first-order valence-corrected chi connectivity index (χ1v) is 18.0. The summed E-state index contributed by atoms with van der Waals surface area (Å²) < 4.78 is 0.282. The Morgan fingerprint density at radius 2 is 1.71 bits per heavy atom. The molecule has 0 aromatic heterocycles. The zero-order chi connectivity index (χ0) is 20.6. The normalized spacial score (nSPS) is 16.3. The molecule has 3 rings (SSSR count). The van der Waals surface area contributed by atoms with Crippen LogP contribution in [0, 0.1) is 5.92 Å². The topological polar surface area (TPSA) is 0 Å². The van der Waals surface area contributed by atoms with Crippen LogP contribution in [0.5, 0.6) is 0 Å². The Kier molecular flexibility index (Phi) is 7.01. The summed E-state index contributed by atoms with van der Waals surface area (Å²) in [4.78, 5) is 0. The molecule has 0 heterocycles. The van der Waals surface area contributed by atoms with Gasteiger partial charge in [0.1, 0.15) is 0 Å². The first kappa shape index (κ1) is 22.3. The maximum absolute atomic E-state index is 6.70. The fourth-order valence-corrected chi connectivity index (χ4v) is 9.83. The molecule has 2 aromatic carbocycles. The van der Waals surface area contributed by atoms with Gasteiger partial charge in [0.05, 0.1) is 0 Å². The molecule has 0 radical (unpaired) electrons. The van der Waals surface area contributed by atoms with Gasteiger partial charge in [0.15, 0.2) is 0 Å². The fraction of sp³-hybridized carbons (Fsp3) is 0.440. The number of benzene rings is 2. The standard InChI is InChI=1S/C25H31.2ClH.Zr/c1-7-19-10-8-9-11-21(19)24-22-16-18(14-17(2)3)15-20(22)12-13-23(24)25(4,5)6;;;/h8-13,15-17H,7,14H2,1-6H3;2*1H;/q;;;+2/p-2. The molecule has 1 atom stereocenters. The summed E-state index contributed by atoms with van der Waals surface area (Å²) in [5.74, 6) is 0.604. The van der Waals surface area contributed by atoms with Crippen LogP contribution in [0.15, 0.2) is 42.0 Å². The monoisotopic (exact) mass is 491 g/mol. The molecule has 0 aliphatic heterocycles. The minimum absolute atomic E-state index is 0.0683. The molecule has 0 nitrogen and oxygen atoms in total. The molecule has 1 aliphatic rings. The van der Waals surface area contributed by atoms with Crippen LogP contribution in [0.3, 0.4) is 0 Å². The minimum atomic E-state index is -2.50. The number of halogens is 2. The second-order valence-electron chi connectivity index (χ2n) is 9.29. The Morgan fingerprint density at radius 3 is 2.29 bits per heavy atom. The second kappa shape index (κ2) is 8.79. The summed E-state index contributed by atoms with van der Waals surface area (Å²) in [5, 5.41) is 0. The Labute approximate surface area is 186 Å². The third-order valence-corrected chi connectivity index (χ3v) is 11.0. The van der Waals surface area contributed by atoms with Crippen molar-refractivity contribution in [2.24, 2.45) is 5.92 Å². The van der Waals surface area contributed by atoms with Crippen LogP contribution in [-0.4, -0.2) is 0 Å². The molecule has 0 fully saturated rings. The van der Waals surface area contributed by atoms with Crippen molar-refractivity contribution < 1.29 is 19.4 Å². The summed E-state index contributed by atoms with van der Waals surface area (Å²) in [6.07, 6.45) is 4.53. The van der Waals surface area contributed by atoms with Crippen LogP contribution >= 0.6 is 17.0 Å². The van der Waals surface area contributed by atoms with Gasteiger partial charge in [-0.05, 0) is 0 Å². The molecule has 0 saturated carbocycles. The van der Waals surface area contributed by atoms with Gasteiger partial charge in [-0.1, -0.05) is 0 Å². The average Bonchev–Trinajstić information content (AvgIpc) is 2.97. The summed E-state index contributed by atoms with van der Waals surface area (Å²) >= 11 is -2.50. The molecular formula is C25H31Cl2Zr. The van der Waals surface area contributed by atoms with Gasteiger partial charge in [0.25, 0.3) is 0 Å². The van der Waals surface area contributed by atoms with Crippen molar-refractivity contribution in [2.45, 2.75) is 63.4 Å². The van der Waals surface area contributed by atoms with E-state index in [0.29, 0.717) is 5.92 Å². The summed E-state index contributed by atoms with van der Waals surface area (Å²) in [6, 6.07) is 13.5. The Bertz CT molecular complexity index is 888. The SMILES string of the molecule is CCc1ccccc1-c1c(C(C)(C)C)ccc2c1C=C(CC(C)C)[CH]2[Zr]([Cl])[Cl]. The van der Waals surface area contributed by atoms with Crippen molar-refractivity contribution in [3.63, 3.8) is 0 Å². The van der Waals surface area contributed by atoms with Crippen molar-refractivity contribution in [1.29, 1.82) is 0 Å². The fourth-order valence-electron chi connectivity index (χ4n) is 4.40. The van der Waals surface area contributed by atoms with E-state index in [1.807, 2.05) is 0 Å². The molecule has 28 heavy (non-hydrogen) atoms. The Morgan fingerprint density at radius 1 is 1.04 bits per heavy atom. The van der Waals surface area contributed by atoms with Gasteiger partial charge in [0, 0.05) is 0 Å². The van der Waals surface area contributed by atoms with Crippen LogP contribution < -0.4 is 0 Å². The number of rotatable bonds is 5. The van der Waals surface area contributed by atoms with Crippen LogP contribution in [0.2, 0.25) is 0 Å². The van der Waals surface area contributed by atoms with Gasteiger partial charge in [0.2, 0.25) is 0 Å². The average molecular weight is 494 g/mol. The quantitative estimate of drug-likeness (QED) is 0.391. The molecule has 1 unspecified atom stereocenters. The third kappa shape index (κ3) is 4.38. The molecule has 3 heteroatoms. The predicted octanol–water partition coefficient (Wildman–Crippen LogP) is 8.62. The number of aryl methyl sites for hydroxylation is 1.